The molecule has 2 rings (SSSR count). The van der Waals surface area contributed by atoms with E-state index in [2.05, 4.69) is 62.0 Å². The van der Waals surface area contributed by atoms with Crippen molar-refractivity contribution in [3.05, 3.63) is 59.7 Å². The molecule has 0 unspecified atom stereocenters. The summed E-state index contributed by atoms with van der Waals surface area (Å²) in [7, 11) is 4.19. The van der Waals surface area contributed by atoms with Crippen molar-refractivity contribution < 1.29 is 19.1 Å². The van der Waals surface area contributed by atoms with Crippen molar-refractivity contribution in [3.8, 4) is 11.1 Å². The van der Waals surface area contributed by atoms with Crippen molar-refractivity contribution in [2.45, 2.75) is 168 Å². The van der Waals surface area contributed by atoms with Crippen LogP contribution in [0.5, 0.6) is 0 Å². The van der Waals surface area contributed by atoms with Gasteiger partial charge in [-0.2, -0.15) is 0 Å². The van der Waals surface area contributed by atoms with Gasteiger partial charge >= 0.3 is 11.9 Å². The average Bonchev–Trinajstić information content (AvgIpc) is 3.16. The number of hydrogen-bond donors (Lipinski definition) is 0. The summed E-state index contributed by atoms with van der Waals surface area (Å²) in [4.78, 5) is 29.5. The number of esters is 2. The summed E-state index contributed by atoms with van der Waals surface area (Å²) in [5.74, 6) is -0.316. The predicted molar refractivity (Wildman–Crippen MR) is 219 cm³/mol. The van der Waals surface area contributed by atoms with Crippen molar-refractivity contribution in [1.29, 1.82) is 0 Å². The normalized spacial score (nSPS) is 11.4. The topological polar surface area (TPSA) is 59.1 Å². The monoisotopic (exact) mass is 721 g/mol. The molecule has 0 aromatic heterocycles. The van der Waals surface area contributed by atoms with Crippen molar-refractivity contribution in [2.24, 2.45) is 0 Å². The lowest BCUT2D eigenvalue weighted by molar-refractivity contribution is -0.146. The van der Waals surface area contributed by atoms with Gasteiger partial charge in [-0.05, 0) is 74.4 Å². The first kappa shape index (κ1) is 45.5. The van der Waals surface area contributed by atoms with E-state index >= 15 is 0 Å². The average molecular weight is 721 g/mol. The van der Waals surface area contributed by atoms with Crippen LogP contribution in [0.25, 0.3) is 11.1 Å². The van der Waals surface area contributed by atoms with Crippen molar-refractivity contribution in [2.75, 3.05) is 40.3 Å². The Morgan fingerprint density at radius 3 is 1.13 bits per heavy atom. The number of rotatable bonds is 33. The van der Waals surface area contributed by atoms with Gasteiger partial charge in [0.1, 0.15) is 13.2 Å². The first-order chi connectivity index (χ1) is 25.4. The molecule has 0 heterocycles. The highest BCUT2D eigenvalue weighted by Crippen LogP contribution is 2.23. The van der Waals surface area contributed by atoms with Gasteiger partial charge in [-0.3, -0.25) is 9.59 Å². The molecule has 2 aromatic carbocycles. The third-order valence-corrected chi connectivity index (χ3v) is 10.2. The van der Waals surface area contributed by atoms with E-state index in [4.69, 9.17) is 9.47 Å². The molecule has 0 aliphatic rings. The predicted octanol–water partition coefficient (Wildman–Crippen LogP) is 11.9. The Labute approximate surface area is 319 Å². The van der Waals surface area contributed by atoms with Crippen molar-refractivity contribution in [3.63, 3.8) is 0 Å². The van der Waals surface area contributed by atoms with Crippen LogP contribution in [-0.4, -0.2) is 62.0 Å². The Bertz CT molecular complexity index is 1090. The van der Waals surface area contributed by atoms with Crippen LogP contribution in [0.2, 0.25) is 0 Å². The molecular formula is C46H76N2O4. The second-order valence-electron chi connectivity index (χ2n) is 15.2. The molecule has 0 aliphatic heterocycles. The number of ether oxygens (including phenoxy) is 2. The highest BCUT2D eigenvalue weighted by atomic mass is 16.5. The van der Waals surface area contributed by atoms with Gasteiger partial charge in [0, 0.05) is 13.1 Å². The Balaban J connectivity index is 1.59. The van der Waals surface area contributed by atoms with Crippen LogP contribution < -0.4 is 0 Å². The van der Waals surface area contributed by atoms with Crippen molar-refractivity contribution >= 4 is 11.9 Å². The quantitative estimate of drug-likeness (QED) is 0.0540. The van der Waals surface area contributed by atoms with Crippen LogP contribution in [0.15, 0.2) is 48.5 Å². The summed E-state index contributed by atoms with van der Waals surface area (Å²) < 4.78 is 11.3. The SMILES string of the molecule is CCCCCCCCCCCCN(C)CCC(=O)OCc1cccc(-c2cccc(COC(=O)CCN(C)CCCCCCCCCCCC)c2)c1. The number of carbonyl (C=O) groups is 2. The largest absolute Gasteiger partial charge is 0.461 e. The maximum absolute atomic E-state index is 12.5. The van der Waals surface area contributed by atoms with Crippen LogP contribution in [-0.2, 0) is 32.3 Å². The second kappa shape index (κ2) is 30.7. The van der Waals surface area contributed by atoms with Crippen LogP contribution in [0.3, 0.4) is 0 Å². The number of benzene rings is 2. The van der Waals surface area contributed by atoms with Gasteiger partial charge in [0.2, 0.25) is 0 Å². The minimum Gasteiger partial charge on any atom is -0.461 e. The van der Waals surface area contributed by atoms with Crippen molar-refractivity contribution in [1.82, 2.24) is 9.80 Å². The Morgan fingerprint density at radius 2 is 0.788 bits per heavy atom. The lowest BCUT2D eigenvalue weighted by Crippen LogP contribution is -2.23. The number of hydrogen-bond acceptors (Lipinski definition) is 6. The highest BCUT2D eigenvalue weighted by molar-refractivity contribution is 5.70. The summed E-state index contributed by atoms with van der Waals surface area (Å²) in [6, 6.07) is 16.2. The fourth-order valence-corrected chi connectivity index (χ4v) is 6.68. The Morgan fingerprint density at radius 1 is 0.462 bits per heavy atom. The van der Waals surface area contributed by atoms with Gasteiger partial charge in [0.15, 0.2) is 0 Å². The molecule has 0 bridgehead atoms. The molecule has 0 saturated heterocycles. The smallest absolute Gasteiger partial charge is 0.307 e. The first-order valence-electron chi connectivity index (χ1n) is 21.3. The summed E-state index contributed by atoms with van der Waals surface area (Å²) in [6.07, 6.45) is 27.5. The molecule has 0 atom stereocenters. The third-order valence-electron chi connectivity index (χ3n) is 10.2. The summed E-state index contributed by atoms with van der Waals surface area (Å²) in [6.45, 7) is 8.57. The number of unbranched alkanes of at least 4 members (excludes halogenated alkanes) is 18. The van der Waals surface area contributed by atoms with E-state index < -0.39 is 0 Å². The highest BCUT2D eigenvalue weighted by Gasteiger charge is 2.10. The van der Waals surface area contributed by atoms with Gasteiger partial charge in [0.25, 0.3) is 0 Å². The molecule has 294 valence electrons. The second-order valence-corrected chi connectivity index (χ2v) is 15.2. The molecule has 0 fully saturated rings. The zero-order valence-corrected chi connectivity index (χ0v) is 33.9. The van der Waals surface area contributed by atoms with Crippen LogP contribution in [0.4, 0.5) is 0 Å². The van der Waals surface area contributed by atoms with Crippen LogP contribution in [0, 0.1) is 0 Å². The first-order valence-corrected chi connectivity index (χ1v) is 21.3. The molecule has 0 saturated carbocycles. The molecule has 0 spiro atoms. The zero-order chi connectivity index (χ0) is 37.5. The van der Waals surface area contributed by atoms with Gasteiger partial charge in [0.05, 0.1) is 12.8 Å². The summed E-state index contributed by atoms with van der Waals surface area (Å²) in [5.41, 5.74) is 4.02. The van der Waals surface area contributed by atoms with E-state index in [1.54, 1.807) is 0 Å². The molecule has 0 aliphatic carbocycles. The molecule has 6 nitrogen and oxygen atoms in total. The van der Waals surface area contributed by atoms with Gasteiger partial charge in [-0.1, -0.05) is 166 Å². The van der Waals surface area contributed by atoms with Crippen LogP contribution in [0.1, 0.15) is 166 Å². The van der Waals surface area contributed by atoms with E-state index in [1.165, 1.54) is 128 Å². The molecule has 0 amide bonds. The molecule has 0 radical (unpaired) electrons. The maximum atomic E-state index is 12.5. The number of nitrogens with zero attached hydrogens (tertiary/aromatic N) is 2. The molecule has 6 heteroatoms. The third kappa shape index (κ3) is 23.8. The molecular weight excluding hydrogens is 645 g/mol. The Kier molecular flexibility index (Phi) is 26.9. The van der Waals surface area contributed by atoms with Gasteiger partial charge < -0.3 is 19.3 Å². The van der Waals surface area contributed by atoms with E-state index in [-0.39, 0.29) is 25.2 Å². The minimum absolute atomic E-state index is 0.158. The Hall–Kier alpha value is -2.70. The van der Waals surface area contributed by atoms with E-state index in [9.17, 15) is 9.59 Å². The lowest BCUT2D eigenvalue weighted by atomic mass is 10.0. The summed E-state index contributed by atoms with van der Waals surface area (Å²) >= 11 is 0. The van der Waals surface area contributed by atoms with Gasteiger partial charge in [-0.15, -0.1) is 0 Å². The fourth-order valence-electron chi connectivity index (χ4n) is 6.68. The van der Waals surface area contributed by atoms with E-state index in [1.807, 2.05) is 24.3 Å². The molecule has 2 aromatic rings. The minimum atomic E-state index is -0.158. The lowest BCUT2D eigenvalue weighted by Gasteiger charge is -2.16. The summed E-state index contributed by atoms with van der Waals surface area (Å²) in [5, 5.41) is 0. The fraction of sp³-hybridized carbons (Fsp3) is 0.696. The molecule has 0 N–H and O–H groups in total. The van der Waals surface area contributed by atoms with Crippen LogP contribution >= 0.6 is 0 Å². The zero-order valence-electron chi connectivity index (χ0n) is 33.9. The van der Waals surface area contributed by atoms with E-state index in [0.717, 1.165) is 48.4 Å². The standard InChI is InChI=1S/C46H76N2O4/c1-5-7-9-11-13-15-17-19-21-23-33-47(3)35-31-45(49)51-39-41-27-25-29-43(37-41)44-30-26-28-42(38-44)40-52-46(50)32-36-48(4)34-24-22-20-18-16-14-12-10-8-6-2/h25-30,37-38H,5-24,31-36,39-40H2,1-4H3. The van der Waals surface area contributed by atoms with E-state index in [0.29, 0.717) is 12.8 Å². The molecule has 52 heavy (non-hydrogen) atoms. The van der Waals surface area contributed by atoms with Gasteiger partial charge in [-0.25, -0.2) is 0 Å². The maximum Gasteiger partial charge on any atom is 0.307 e. The number of carbonyl (C=O) groups excluding carboxylic acids is 2.